The van der Waals surface area contributed by atoms with E-state index >= 15 is 0 Å². The van der Waals surface area contributed by atoms with Gasteiger partial charge in [-0.1, -0.05) is 37.3 Å². The first-order valence-corrected chi connectivity index (χ1v) is 8.37. The van der Waals surface area contributed by atoms with Gasteiger partial charge in [-0.3, -0.25) is 4.79 Å². The predicted molar refractivity (Wildman–Crippen MR) is 92.6 cm³/mol. The van der Waals surface area contributed by atoms with E-state index in [-0.39, 0.29) is 27.9 Å². The quantitative estimate of drug-likeness (QED) is 0.579. The van der Waals surface area contributed by atoms with Gasteiger partial charge in [0.05, 0.1) is 11.5 Å². The van der Waals surface area contributed by atoms with Crippen LogP contribution in [0.2, 0.25) is 0 Å². The molecule has 1 atom stereocenters. The Labute approximate surface area is 148 Å². The molecule has 1 aromatic carbocycles. The molecule has 25 heavy (non-hydrogen) atoms. The first-order chi connectivity index (χ1) is 12.0. The van der Waals surface area contributed by atoms with E-state index < -0.39 is 24.9 Å². The third-order valence-corrected chi connectivity index (χ3v) is 4.05. The van der Waals surface area contributed by atoms with Gasteiger partial charge in [-0.15, -0.1) is 10.2 Å². The standard InChI is InChI=1S/C12H11BN4O5S.C2H6/c14-12-17-16-10(23-12)9(18)15-7-4-5-2-1-3-6(11(19)20)8(5)22-13(7)21;1-2/h1-3,7,21H,4H2,(H2,14,17)(H,15,18)(H,19,20);1-2H3. The number of carboxylic acid groups (broad SMARTS) is 1. The zero-order valence-electron chi connectivity index (χ0n) is 13.6. The summed E-state index contributed by atoms with van der Waals surface area (Å²) in [6.07, 6.45) is 0.220. The SMILES string of the molecule is CC.Nc1nnc(C(=O)NC2Cc3cccc(C(=O)O)c3OB2O)s1. The number of nitrogens with two attached hydrogens (primary N) is 1. The average Bonchev–Trinajstić information content (AvgIpc) is 3.03. The van der Waals surface area contributed by atoms with Crippen LogP contribution < -0.4 is 15.7 Å². The van der Waals surface area contributed by atoms with Gasteiger partial charge in [0.1, 0.15) is 5.75 Å². The van der Waals surface area contributed by atoms with Gasteiger partial charge in [-0.05, 0) is 18.1 Å². The summed E-state index contributed by atoms with van der Waals surface area (Å²) in [6.45, 7) is 4.00. The Bertz CT molecular complexity index is 784. The van der Waals surface area contributed by atoms with E-state index in [2.05, 4.69) is 15.5 Å². The van der Waals surface area contributed by atoms with E-state index in [1.54, 1.807) is 12.1 Å². The first-order valence-electron chi connectivity index (χ1n) is 7.55. The van der Waals surface area contributed by atoms with Crippen LogP contribution in [0, 0.1) is 0 Å². The highest BCUT2D eigenvalue weighted by Gasteiger charge is 2.38. The van der Waals surface area contributed by atoms with Crippen molar-refractivity contribution >= 4 is 35.5 Å². The molecule has 1 amide bonds. The van der Waals surface area contributed by atoms with Crippen molar-refractivity contribution in [1.82, 2.24) is 15.5 Å². The molecule has 0 fully saturated rings. The molecule has 0 bridgehead atoms. The van der Waals surface area contributed by atoms with Crippen molar-refractivity contribution in [2.75, 3.05) is 5.73 Å². The van der Waals surface area contributed by atoms with Gasteiger partial charge in [0, 0.05) is 0 Å². The number of amides is 1. The lowest BCUT2D eigenvalue weighted by molar-refractivity contribution is 0.0693. The Kier molecular flexibility index (Phi) is 5.94. The number of hydrogen-bond donors (Lipinski definition) is 4. The second kappa shape index (κ2) is 7.95. The van der Waals surface area contributed by atoms with E-state index in [9.17, 15) is 14.6 Å². The van der Waals surface area contributed by atoms with Crippen LogP contribution >= 0.6 is 11.3 Å². The van der Waals surface area contributed by atoms with Crippen LogP contribution in [0.1, 0.15) is 39.6 Å². The third-order valence-electron chi connectivity index (χ3n) is 3.30. The predicted octanol–water partition coefficient (Wildman–Crippen LogP) is 0.598. The fourth-order valence-electron chi connectivity index (χ4n) is 2.27. The summed E-state index contributed by atoms with van der Waals surface area (Å²) in [6, 6.07) is 4.64. The van der Waals surface area contributed by atoms with Gasteiger partial charge in [-0.25, -0.2) is 4.79 Å². The largest absolute Gasteiger partial charge is 0.547 e. The monoisotopic (exact) mass is 364 g/mol. The molecular weight excluding hydrogens is 347 g/mol. The molecule has 5 N–H and O–H groups in total. The van der Waals surface area contributed by atoms with E-state index in [4.69, 9.17) is 15.5 Å². The number of hydrogen-bond acceptors (Lipinski definition) is 8. The minimum Gasteiger partial charge on any atom is -0.534 e. The topological polar surface area (TPSA) is 148 Å². The Morgan fingerprint density at radius 2 is 2.12 bits per heavy atom. The van der Waals surface area contributed by atoms with Crippen LogP contribution in [-0.2, 0) is 6.42 Å². The number of carbonyl (C=O) groups excluding carboxylic acids is 1. The number of nitrogens with one attached hydrogen (secondary N) is 1. The summed E-state index contributed by atoms with van der Waals surface area (Å²) in [5.74, 6) is -2.33. The van der Waals surface area contributed by atoms with Crippen molar-refractivity contribution < 1.29 is 24.4 Å². The maximum Gasteiger partial charge on any atom is 0.547 e. The molecule has 0 saturated heterocycles. The van der Waals surface area contributed by atoms with Crippen LogP contribution in [0.25, 0.3) is 0 Å². The minimum atomic E-state index is -1.38. The summed E-state index contributed by atoms with van der Waals surface area (Å²) in [7, 11) is -1.38. The third kappa shape index (κ3) is 4.06. The molecule has 1 unspecified atom stereocenters. The molecule has 1 aromatic heterocycles. The van der Waals surface area contributed by atoms with Crippen LogP contribution in [0.15, 0.2) is 18.2 Å². The van der Waals surface area contributed by atoms with E-state index in [0.717, 1.165) is 11.3 Å². The molecule has 1 aliphatic heterocycles. The number of para-hydroxylation sites is 1. The van der Waals surface area contributed by atoms with Crippen molar-refractivity contribution in [3.05, 3.63) is 34.3 Å². The number of aromatic nitrogens is 2. The number of aromatic carboxylic acids is 1. The number of fused-ring (bicyclic) bond motifs is 1. The molecule has 0 aliphatic carbocycles. The fraction of sp³-hybridized carbons (Fsp3) is 0.286. The smallest absolute Gasteiger partial charge is 0.534 e. The van der Waals surface area contributed by atoms with Gasteiger partial charge >= 0.3 is 13.1 Å². The number of carbonyl (C=O) groups is 2. The molecule has 1 aliphatic rings. The first kappa shape index (κ1) is 18.7. The van der Waals surface area contributed by atoms with Gasteiger partial charge in [0.25, 0.3) is 5.91 Å². The number of rotatable bonds is 3. The minimum absolute atomic E-state index is 0.0387. The number of carboxylic acids is 1. The molecule has 132 valence electrons. The normalized spacial score (nSPS) is 15.3. The van der Waals surface area contributed by atoms with E-state index in [1.165, 1.54) is 6.07 Å². The Morgan fingerprint density at radius 3 is 2.72 bits per heavy atom. The maximum absolute atomic E-state index is 12.0. The zero-order chi connectivity index (χ0) is 18.6. The summed E-state index contributed by atoms with van der Waals surface area (Å²) in [5.41, 5.74) is 5.96. The van der Waals surface area contributed by atoms with Crippen LogP contribution in [0.5, 0.6) is 5.75 Å². The lowest BCUT2D eigenvalue weighted by atomic mass is 9.72. The summed E-state index contributed by atoms with van der Waals surface area (Å²) in [4.78, 5) is 23.2. The molecule has 11 heteroatoms. The summed E-state index contributed by atoms with van der Waals surface area (Å²) < 4.78 is 5.28. The number of nitrogen functional groups attached to an aromatic ring is 1. The average molecular weight is 364 g/mol. The molecule has 2 aromatic rings. The second-order valence-corrected chi connectivity index (χ2v) is 5.85. The Morgan fingerprint density at radius 1 is 1.40 bits per heavy atom. The highest BCUT2D eigenvalue weighted by atomic mass is 32.1. The highest BCUT2D eigenvalue weighted by Crippen LogP contribution is 2.30. The molecule has 0 spiro atoms. The van der Waals surface area contributed by atoms with Crippen molar-refractivity contribution in [3.63, 3.8) is 0 Å². The molecule has 0 radical (unpaired) electrons. The van der Waals surface area contributed by atoms with Gasteiger partial charge in [-0.2, -0.15) is 0 Å². The number of benzene rings is 1. The van der Waals surface area contributed by atoms with Crippen molar-refractivity contribution in [2.24, 2.45) is 0 Å². The van der Waals surface area contributed by atoms with Crippen molar-refractivity contribution in [2.45, 2.75) is 26.2 Å². The maximum atomic E-state index is 12.0. The van der Waals surface area contributed by atoms with E-state index in [1.807, 2.05) is 13.8 Å². The number of anilines is 1. The van der Waals surface area contributed by atoms with Crippen LogP contribution in [0.4, 0.5) is 5.13 Å². The van der Waals surface area contributed by atoms with Crippen LogP contribution in [-0.4, -0.2) is 45.3 Å². The molecule has 9 nitrogen and oxygen atoms in total. The lowest BCUT2D eigenvalue weighted by Crippen LogP contribution is -2.53. The highest BCUT2D eigenvalue weighted by molar-refractivity contribution is 7.16. The van der Waals surface area contributed by atoms with Crippen LogP contribution in [0.3, 0.4) is 0 Å². The van der Waals surface area contributed by atoms with Gasteiger partial charge in [0.15, 0.2) is 0 Å². The molecule has 0 saturated carbocycles. The summed E-state index contributed by atoms with van der Waals surface area (Å²) in [5, 5.41) is 29.1. The second-order valence-electron chi connectivity index (χ2n) is 4.84. The van der Waals surface area contributed by atoms with Crippen molar-refractivity contribution in [1.29, 1.82) is 0 Å². The number of nitrogens with zero attached hydrogens (tertiary/aromatic N) is 2. The lowest BCUT2D eigenvalue weighted by Gasteiger charge is -2.28. The summed E-state index contributed by atoms with van der Waals surface area (Å²) >= 11 is 0.921. The van der Waals surface area contributed by atoms with Crippen molar-refractivity contribution in [3.8, 4) is 5.75 Å². The van der Waals surface area contributed by atoms with Gasteiger partial charge in [0.2, 0.25) is 10.1 Å². The van der Waals surface area contributed by atoms with E-state index in [0.29, 0.717) is 5.56 Å². The Balaban J connectivity index is 0.00000109. The zero-order valence-corrected chi connectivity index (χ0v) is 14.4. The van der Waals surface area contributed by atoms with Gasteiger partial charge < -0.3 is 25.8 Å². The molecular formula is C14H17BN4O5S. The Hall–Kier alpha value is -2.66. The fourth-order valence-corrected chi connectivity index (χ4v) is 2.79. The molecule has 3 rings (SSSR count). The molecule has 2 heterocycles.